The smallest absolute Gasteiger partial charge is 0.146 e. The lowest BCUT2D eigenvalue weighted by Gasteiger charge is -2.16. The van der Waals surface area contributed by atoms with E-state index in [0.29, 0.717) is 5.69 Å². The van der Waals surface area contributed by atoms with Crippen molar-refractivity contribution in [1.82, 2.24) is 4.98 Å². The van der Waals surface area contributed by atoms with Crippen molar-refractivity contribution in [2.24, 2.45) is 0 Å². The van der Waals surface area contributed by atoms with E-state index in [1.165, 1.54) is 12.3 Å². The van der Waals surface area contributed by atoms with E-state index in [4.69, 9.17) is 6.42 Å². The number of nitrogens with zero attached hydrogens (tertiary/aromatic N) is 1. The number of rotatable bonds is 1. The number of hydrogen-bond acceptors (Lipinski definition) is 1. The highest BCUT2D eigenvalue weighted by atomic mass is 19.1. The van der Waals surface area contributed by atoms with E-state index in [1.54, 1.807) is 19.9 Å². The second kappa shape index (κ2) is 2.94. The lowest BCUT2D eigenvalue weighted by atomic mass is 9.90. The third-order valence-corrected chi connectivity index (χ3v) is 1.71. The molecular weight excluding hydrogens is 153 g/mol. The average Bonchev–Trinajstić information content (AvgIpc) is 2.05. The van der Waals surface area contributed by atoms with Gasteiger partial charge in [0.25, 0.3) is 0 Å². The van der Waals surface area contributed by atoms with Crippen LogP contribution in [0.25, 0.3) is 0 Å². The van der Waals surface area contributed by atoms with Crippen LogP contribution in [0.15, 0.2) is 18.3 Å². The molecular formula is C10H10FN. The lowest BCUT2D eigenvalue weighted by molar-refractivity contribution is 0.549. The van der Waals surface area contributed by atoms with Gasteiger partial charge in [-0.05, 0) is 26.0 Å². The molecule has 1 rings (SSSR count). The fraction of sp³-hybridized carbons (Fsp3) is 0.300. The van der Waals surface area contributed by atoms with Crippen molar-refractivity contribution in [3.8, 4) is 12.3 Å². The van der Waals surface area contributed by atoms with Crippen molar-refractivity contribution in [2.45, 2.75) is 19.3 Å². The summed E-state index contributed by atoms with van der Waals surface area (Å²) in [4.78, 5) is 3.90. The molecule has 1 aromatic rings. The van der Waals surface area contributed by atoms with Gasteiger partial charge in [0.1, 0.15) is 5.82 Å². The molecule has 1 aromatic heterocycles. The quantitative estimate of drug-likeness (QED) is 0.578. The van der Waals surface area contributed by atoms with Crippen LogP contribution in [0.2, 0.25) is 0 Å². The molecule has 0 atom stereocenters. The molecule has 0 N–H and O–H groups in total. The Balaban J connectivity index is 3.22. The minimum absolute atomic E-state index is 0.326. The largest absolute Gasteiger partial charge is 0.257 e. The predicted octanol–water partition coefficient (Wildman–Crippen LogP) is 2.13. The molecule has 0 amide bonds. The Morgan fingerprint density at radius 2 is 2.25 bits per heavy atom. The van der Waals surface area contributed by atoms with Gasteiger partial charge in [0.05, 0.1) is 11.1 Å². The molecule has 0 radical (unpaired) electrons. The van der Waals surface area contributed by atoms with Gasteiger partial charge in [-0.25, -0.2) is 4.39 Å². The van der Waals surface area contributed by atoms with Crippen LogP contribution in [0.5, 0.6) is 0 Å². The lowest BCUT2D eigenvalue weighted by Crippen LogP contribution is -2.17. The Labute approximate surface area is 71.6 Å². The minimum atomic E-state index is -0.634. The van der Waals surface area contributed by atoms with Crippen molar-refractivity contribution in [3.63, 3.8) is 0 Å². The molecule has 0 aromatic carbocycles. The number of halogens is 1. The maximum Gasteiger partial charge on any atom is 0.146 e. The summed E-state index contributed by atoms with van der Waals surface area (Å²) in [5, 5.41) is 0. The van der Waals surface area contributed by atoms with Crippen LogP contribution in [0.3, 0.4) is 0 Å². The number of terminal acetylenes is 1. The van der Waals surface area contributed by atoms with E-state index >= 15 is 0 Å². The van der Waals surface area contributed by atoms with Gasteiger partial charge >= 0.3 is 0 Å². The topological polar surface area (TPSA) is 12.9 Å². The third-order valence-electron chi connectivity index (χ3n) is 1.71. The van der Waals surface area contributed by atoms with Crippen LogP contribution in [-0.2, 0) is 5.41 Å². The van der Waals surface area contributed by atoms with E-state index in [2.05, 4.69) is 10.9 Å². The molecule has 0 spiro atoms. The minimum Gasteiger partial charge on any atom is -0.257 e. The Hall–Kier alpha value is -1.36. The molecule has 0 fully saturated rings. The van der Waals surface area contributed by atoms with Crippen molar-refractivity contribution in [1.29, 1.82) is 0 Å². The summed E-state index contributed by atoms with van der Waals surface area (Å²) in [6.07, 6.45) is 6.79. The average molecular weight is 163 g/mol. The number of aromatic nitrogens is 1. The zero-order valence-electron chi connectivity index (χ0n) is 7.13. The monoisotopic (exact) mass is 163 g/mol. The van der Waals surface area contributed by atoms with Gasteiger partial charge in [0.15, 0.2) is 0 Å². The van der Waals surface area contributed by atoms with Crippen LogP contribution >= 0.6 is 0 Å². The van der Waals surface area contributed by atoms with E-state index in [1.807, 2.05) is 0 Å². The maximum absolute atomic E-state index is 13.1. The summed E-state index contributed by atoms with van der Waals surface area (Å²) in [6, 6.07) is 2.91. The van der Waals surface area contributed by atoms with Crippen molar-refractivity contribution in [3.05, 3.63) is 29.8 Å². The summed E-state index contributed by atoms with van der Waals surface area (Å²) in [6.45, 7) is 3.52. The van der Waals surface area contributed by atoms with Gasteiger partial charge in [-0.1, -0.05) is 5.92 Å². The summed E-state index contributed by atoms with van der Waals surface area (Å²) in [5.74, 6) is 2.15. The Morgan fingerprint density at radius 3 is 2.75 bits per heavy atom. The van der Waals surface area contributed by atoms with E-state index < -0.39 is 5.41 Å². The molecule has 62 valence electrons. The van der Waals surface area contributed by atoms with E-state index in [0.717, 1.165) is 0 Å². The fourth-order valence-electron chi connectivity index (χ4n) is 0.914. The first kappa shape index (κ1) is 8.73. The highest BCUT2D eigenvalue weighted by Crippen LogP contribution is 2.21. The SMILES string of the molecule is C#CC(C)(C)c1ncccc1F. The van der Waals surface area contributed by atoms with Crippen LogP contribution in [0.4, 0.5) is 4.39 Å². The molecule has 0 unspecified atom stereocenters. The molecule has 0 saturated heterocycles. The third kappa shape index (κ3) is 1.45. The van der Waals surface area contributed by atoms with Gasteiger partial charge in [0.2, 0.25) is 0 Å². The summed E-state index contributed by atoms with van der Waals surface area (Å²) >= 11 is 0. The fourth-order valence-corrected chi connectivity index (χ4v) is 0.914. The van der Waals surface area contributed by atoms with Crippen LogP contribution in [-0.4, -0.2) is 4.98 Å². The maximum atomic E-state index is 13.1. The second-order valence-corrected chi connectivity index (χ2v) is 3.10. The molecule has 0 saturated carbocycles. The Morgan fingerprint density at radius 1 is 1.58 bits per heavy atom. The van der Waals surface area contributed by atoms with Crippen molar-refractivity contribution < 1.29 is 4.39 Å². The normalized spacial score (nSPS) is 10.8. The van der Waals surface area contributed by atoms with E-state index in [-0.39, 0.29) is 5.82 Å². The predicted molar refractivity (Wildman–Crippen MR) is 46.1 cm³/mol. The molecule has 0 aliphatic rings. The van der Waals surface area contributed by atoms with Gasteiger partial charge in [-0.2, -0.15) is 0 Å². The highest BCUT2D eigenvalue weighted by molar-refractivity contribution is 5.26. The highest BCUT2D eigenvalue weighted by Gasteiger charge is 2.22. The first-order chi connectivity index (χ1) is 5.58. The standard InChI is InChI=1S/C10H10FN/c1-4-10(2,3)9-8(11)6-5-7-12-9/h1,5-7H,2-3H3. The zero-order chi connectivity index (χ0) is 9.19. The summed E-state index contributed by atoms with van der Waals surface area (Å²) in [5.41, 5.74) is -0.307. The van der Waals surface area contributed by atoms with Crippen LogP contribution < -0.4 is 0 Å². The van der Waals surface area contributed by atoms with Gasteiger partial charge < -0.3 is 0 Å². The van der Waals surface area contributed by atoms with Gasteiger partial charge in [0, 0.05) is 6.20 Å². The molecule has 2 heteroatoms. The van der Waals surface area contributed by atoms with Crippen LogP contribution in [0.1, 0.15) is 19.5 Å². The van der Waals surface area contributed by atoms with Crippen molar-refractivity contribution >= 4 is 0 Å². The first-order valence-corrected chi connectivity index (χ1v) is 3.66. The first-order valence-electron chi connectivity index (χ1n) is 3.66. The Bertz CT molecular complexity index is 323. The second-order valence-electron chi connectivity index (χ2n) is 3.10. The molecule has 0 bridgehead atoms. The molecule has 1 nitrogen and oxygen atoms in total. The van der Waals surface area contributed by atoms with Crippen molar-refractivity contribution in [2.75, 3.05) is 0 Å². The van der Waals surface area contributed by atoms with Gasteiger partial charge in [-0.3, -0.25) is 4.98 Å². The molecule has 12 heavy (non-hydrogen) atoms. The molecule has 1 heterocycles. The summed E-state index contributed by atoms with van der Waals surface area (Å²) in [7, 11) is 0. The zero-order valence-corrected chi connectivity index (χ0v) is 7.13. The molecule has 0 aliphatic heterocycles. The number of hydrogen-bond donors (Lipinski definition) is 0. The Kier molecular flexibility index (Phi) is 2.14. The number of pyridine rings is 1. The van der Waals surface area contributed by atoms with Gasteiger partial charge in [-0.15, -0.1) is 6.42 Å². The molecule has 0 aliphatic carbocycles. The van der Waals surface area contributed by atoms with Crippen LogP contribution in [0, 0.1) is 18.2 Å². The summed E-state index contributed by atoms with van der Waals surface area (Å²) < 4.78 is 13.1. The van der Waals surface area contributed by atoms with E-state index in [9.17, 15) is 4.39 Å².